The summed E-state index contributed by atoms with van der Waals surface area (Å²) in [6.07, 6.45) is 0. The highest BCUT2D eigenvalue weighted by molar-refractivity contribution is 6.20. The van der Waals surface area contributed by atoms with Crippen LogP contribution in [0.5, 0.6) is 0 Å². The number of rotatable bonds is 2. The molecular weight excluding hydrogens is 286 g/mol. The van der Waals surface area contributed by atoms with E-state index in [1.54, 1.807) is 12.1 Å². The van der Waals surface area contributed by atoms with Crippen molar-refractivity contribution in [3.63, 3.8) is 0 Å². The number of aryl methyl sites for hydroxylation is 1. The number of aromatic carboxylic acids is 1. The molecule has 0 saturated heterocycles. The Morgan fingerprint density at radius 3 is 2.35 bits per heavy atom. The van der Waals surface area contributed by atoms with Gasteiger partial charge in [0.25, 0.3) is 0 Å². The van der Waals surface area contributed by atoms with Gasteiger partial charge in [-0.3, -0.25) is 0 Å². The van der Waals surface area contributed by atoms with Crippen LogP contribution in [0.2, 0.25) is 0 Å². The number of fused-ring (bicyclic) bond motifs is 3. The first-order chi connectivity index (χ1) is 11.1. The maximum Gasteiger partial charge on any atom is 0.336 e. The molecule has 112 valence electrons. The van der Waals surface area contributed by atoms with Crippen molar-refractivity contribution in [2.75, 3.05) is 0 Å². The molecule has 1 aromatic heterocycles. The van der Waals surface area contributed by atoms with Gasteiger partial charge in [-0.25, -0.2) is 4.79 Å². The lowest BCUT2D eigenvalue weighted by atomic mass is 9.96. The van der Waals surface area contributed by atoms with Crippen LogP contribution in [-0.2, 0) is 0 Å². The molecule has 0 bridgehead atoms. The second-order valence-electron chi connectivity index (χ2n) is 5.76. The van der Waals surface area contributed by atoms with E-state index in [1.165, 1.54) is 5.56 Å². The Labute approximate surface area is 133 Å². The zero-order valence-electron chi connectivity index (χ0n) is 12.6. The van der Waals surface area contributed by atoms with Gasteiger partial charge >= 0.3 is 5.97 Å². The molecule has 3 heteroatoms. The van der Waals surface area contributed by atoms with Gasteiger partial charge in [0.2, 0.25) is 0 Å². The fraction of sp³-hybridized carbons (Fsp3) is 0.0500. The van der Waals surface area contributed by atoms with Crippen molar-refractivity contribution in [3.8, 4) is 11.1 Å². The second kappa shape index (κ2) is 4.99. The maximum absolute atomic E-state index is 11.6. The first kappa shape index (κ1) is 13.6. The van der Waals surface area contributed by atoms with Crippen molar-refractivity contribution in [3.05, 3.63) is 71.8 Å². The van der Waals surface area contributed by atoms with E-state index < -0.39 is 5.97 Å². The third-order valence-corrected chi connectivity index (χ3v) is 4.21. The highest BCUT2D eigenvalue weighted by Gasteiger charge is 2.16. The molecule has 4 rings (SSSR count). The van der Waals surface area contributed by atoms with Crippen molar-refractivity contribution < 1.29 is 9.90 Å². The molecule has 0 fully saturated rings. The van der Waals surface area contributed by atoms with E-state index >= 15 is 0 Å². The van der Waals surface area contributed by atoms with Crippen LogP contribution in [0, 0.1) is 6.92 Å². The van der Waals surface area contributed by atoms with Gasteiger partial charge in [-0.05, 0) is 36.2 Å². The molecule has 0 atom stereocenters. The van der Waals surface area contributed by atoms with Crippen LogP contribution in [0.15, 0.2) is 60.7 Å². The smallest absolute Gasteiger partial charge is 0.336 e. The molecule has 0 radical (unpaired) electrons. The normalized spacial score (nSPS) is 11.2. The van der Waals surface area contributed by atoms with Crippen molar-refractivity contribution in [2.45, 2.75) is 6.92 Å². The Morgan fingerprint density at radius 2 is 1.61 bits per heavy atom. The van der Waals surface area contributed by atoms with Gasteiger partial charge < -0.3 is 10.1 Å². The minimum atomic E-state index is -0.907. The zero-order chi connectivity index (χ0) is 16.0. The second-order valence-corrected chi connectivity index (χ2v) is 5.76. The zero-order valence-corrected chi connectivity index (χ0v) is 12.6. The van der Waals surface area contributed by atoms with Gasteiger partial charge in [0, 0.05) is 21.8 Å². The van der Waals surface area contributed by atoms with Gasteiger partial charge in [0.1, 0.15) is 0 Å². The lowest BCUT2D eigenvalue weighted by Crippen LogP contribution is -1.96. The van der Waals surface area contributed by atoms with Crippen molar-refractivity contribution in [1.29, 1.82) is 0 Å². The number of benzene rings is 3. The summed E-state index contributed by atoms with van der Waals surface area (Å²) in [5.74, 6) is -0.907. The molecule has 3 aromatic carbocycles. The summed E-state index contributed by atoms with van der Waals surface area (Å²) in [5, 5.41) is 11.3. The van der Waals surface area contributed by atoms with E-state index in [9.17, 15) is 9.90 Å². The van der Waals surface area contributed by atoms with E-state index in [2.05, 4.69) is 30.1 Å². The minimum absolute atomic E-state index is 0.328. The summed E-state index contributed by atoms with van der Waals surface area (Å²) >= 11 is 0. The summed E-state index contributed by atoms with van der Waals surface area (Å²) in [6.45, 7) is 2.06. The van der Waals surface area contributed by atoms with Crippen LogP contribution < -0.4 is 0 Å². The number of hydrogen-bond acceptors (Lipinski definition) is 1. The number of aromatic nitrogens is 1. The standard InChI is InChI=1S/C20H15NO2/c1-12-5-2-6-13(11-12)14-7-3-9-16-18(14)19-15(20(22)23)8-4-10-17(19)21-16/h2-11,21H,1H3,(H,22,23). The predicted octanol–water partition coefficient (Wildman–Crippen LogP) is 4.99. The average Bonchev–Trinajstić information content (AvgIpc) is 2.93. The molecule has 0 amide bonds. The Morgan fingerprint density at radius 1 is 0.913 bits per heavy atom. The first-order valence-electron chi connectivity index (χ1n) is 7.49. The predicted molar refractivity (Wildman–Crippen MR) is 92.9 cm³/mol. The fourth-order valence-corrected chi connectivity index (χ4v) is 3.23. The van der Waals surface area contributed by atoms with Gasteiger partial charge in [0.05, 0.1) is 5.56 Å². The van der Waals surface area contributed by atoms with Gasteiger partial charge in [-0.2, -0.15) is 0 Å². The molecule has 1 heterocycles. The monoisotopic (exact) mass is 301 g/mol. The molecule has 0 saturated carbocycles. The summed E-state index contributed by atoms with van der Waals surface area (Å²) < 4.78 is 0. The Kier molecular flexibility index (Phi) is 2.95. The van der Waals surface area contributed by atoms with E-state index in [0.29, 0.717) is 5.56 Å². The molecule has 0 aliphatic heterocycles. The van der Waals surface area contributed by atoms with Crippen LogP contribution in [0.1, 0.15) is 15.9 Å². The number of aromatic amines is 1. The lowest BCUT2D eigenvalue weighted by Gasteiger charge is -2.06. The third kappa shape index (κ3) is 2.09. The summed E-state index contributed by atoms with van der Waals surface area (Å²) in [7, 11) is 0. The maximum atomic E-state index is 11.6. The van der Waals surface area contributed by atoms with Gasteiger partial charge in [0.15, 0.2) is 0 Å². The number of nitrogens with one attached hydrogen (secondary N) is 1. The average molecular weight is 301 g/mol. The van der Waals surface area contributed by atoms with E-state index in [1.807, 2.05) is 30.3 Å². The molecule has 0 aliphatic rings. The van der Waals surface area contributed by atoms with Gasteiger partial charge in [-0.15, -0.1) is 0 Å². The first-order valence-corrected chi connectivity index (χ1v) is 7.49. The summed E-state index contributed by atoms with van der Waals surface area (Å²) in [5.41, 5.74) is 5.45. The van der Waals surface area contributed by atoms with Crippen LogP contribution >= 0.6 is 0 Å². The van der Waals surface area contributed by atoms with E-state index in [-0.39, 0.29) is 0 Å². The topological polar surface area (TPSA) is 53.1 Å². The fourth-order valence-electron chi connectivity index (χ4n) is 3.23. The van der Waals surface area contributed by atoms with E-state index in [4.69, 9.17) is 0 Å². The summed E-state index contributed by atoms with van der Waals surface area (Å²) in [6, 6.07) is 19.6. The minimum Gasteiger partial charge on any atom is -0.478 e. The van der Waals surface area contributed by atoms with Gasteiger partial charge in [-0.1, -0.05) is 48.0 Å². The van der Waals surface area contributed by atoms with Crippen LogP contribution in [-0.4, -0.2) is 16.1 Å². The van der Waals surface area contributed by atoms with Crippen molar-refractivity contribution >= 4 is 27.8 Å². The highest BCUT2D eigenvalue weighted by atomic mass is 16.4. The third-order valence-electron chi connectivity index (χ3n) is 4.21. The molecule has 23 heavy (non-hydrogen) atoms. The number of carboxylic acid groups (broad SMARTS) is 1. The Balaban J connectivity index is 2.18. The number of H-pyrrole nitrogens is 1. The van der Waals surface area contributed by atoms with Crippen LogP contribution in [0.4, 0.5) is 0 Å². The van der Waals surface area contributed by atoms with E-state index in [0.717, 1.165) is 32.9 Å². The molecule has 0 spiro atoms. The molecule has 0 unspecified atom stereocenters. The largest absolute Gasteiger partial charge is 0.478 e. The molecule has 4 aromatic rings. The quantitative estimate of drug-likeness (QED) is 0.547. The SMILES string of the molecule is Cc1cccc(-c2cccc3[nH]c4cccc(C(=O)O)c4c23)c1. The summed E-state index contributed by atoms with van der Waals surface area (Å²) in [4.78, 5) is 15.0. The molecular formula is C20H15NO2. The molecule has 0 aliphatic carbocycles. The lowest BCUT2D eigenvalue weighted by molar-refractivity contribution is 0.0699. The Bertz CT molecular complexity index is 1060. The Hall–Kier alpha value is -3.07. The number of hydrogen-bond donors (Lipinski definition) is 2. The molecule has 3 nitrogen and oxygen atoms in total. The number of carboxylic acids is 1. The van der Waals surface area contributed by atoms with Crippen molar-refractivity contribution in [1.82, 2.24) is 4.98 Å². The highest BCUT2D eigenvalue weighted by Crippen LogP contribution is 2.36. The molecule has 2 N–H and O–H groups in total. The van der Waals surface area contributed by atoms with Crippen molar-refractivity contribution in [2.24, 2.45) is 0 Å². The van der Waals surface area contributed by atoms with Crippen LogP contribution in [0.25, 0.3) is 32.9 Å². The van der Waals surface area contributed by atoms with Crippen LogP contribution in [0.3, 0.4) is 0 Å². The number of carbonyl (C=O) groups is 1.